The maximum Gasteiger partial charge on any atom is 0.343 e. The van der Waals surface area contributed by atoms with Crippen molar-refractivity contribution in [3.05, 3.63) is 32.3 Å². The molecule has 1 saturated heterocycles. The molecule has 0 radical (unpaired) electrons. The Kier molecular flexibility index (Phi) is 5.42. The van der Waals surface area contributed by atoms with Gasteiger partial charge in [-0.2, -0.15) is 0 Å². The fourth-order valence-electron chi connectivity index (χ4n) is 1.78. The van der Waals surface area contributed by atoms with Crippen molar-refractivity contribution in [2.45, 2.75) is 0 Å². The number of carbonyl (C=O) groups is 3. The maximum absolute atomic E-state index is 11.8. The molecule has 3 amide bonds. The Bertz CT molecular complexity index is 694. The summed E-state index contributed by atoms with van der Waals surface area (Å²) in [5.41, 5.74) is 0.840. The van der Waals surface area contributed by atoms with Crippen LogP contribution in [0.15, 0.2) is 26.8 Å². The topological polar surface area (TPSA) is 84.9 Å². The summed E-state index contributed by atoms with van der Waals surface area (Å²) in [5.74, 6) is -0.484. The second kappa shape index (κ2) is 7.14. The molecule has 1 aliphatic rings. The molecule has 1 N–H and O–H groups in total. The lowest BCUT2D eigenvalue weighted by Gasteiger charge is -2.10. The molecule has 122 valence electrons. The van der Waals surface area contributed by atoms with Crippen LogP contribution in [0.4, 0.5) is 4.79 Å². The highest BCUT2D eigenvalue weighted by Crippen LogP contribution is 2.35. The molecule has 1 aliphatic heterocycles. The van der Waals surface area contributed by atoms with E-state index < -0.39 is 17.9 Å². The predicted molar refractivity (Wildman–Crippen MR) is 88.6 cm³/mol. The van der Waals surface area contributed by atoms with Gasteiger partial charge in [0.25, 0.3) is 5.91 Å². The molecule has 7 nitrogen and oxygen atoms in total. The highest BCUT2D eigenvalue weighted by Gasteiger charge is 2.30. The molecule has 0 aromatic heterocycles. The molecule has 0 spiro atoms. The largest absolute Gasteiger partial charge is 0.480 e. The number of amides is 3. The van der Waals surface area contributed by atoms with Gasteiger partial charge in [0.05, 0.1) is 16.1 Å². The first-order valence-electron chi connectivity index (χ1n) is 6.33. The Labute approximate surface area is 148 Å². The number of hydrogen-bond acceptors (Lipinski definition) is 5. The Balaban J connectivity index is 2.25. The minimum Gasteiger partial charge on any atom is -0.480 e. The summed E-state index contributed by atoms with van der Waals surface area (Å²) >= 11 is 6.68. The lowest BCUT2D eigenvalue weighted by atomic mass is 10.2. The van der Waals surface area contributed by atoms with Crippen LogP contribution < -0.4 is 10.1 Å². The number of rotatable bonds is 4. The van der Waals surface area contributed by atoms with E-state index in [-0.39, 0.29) is 12.3 Å². The fourth-order valence-corrected chi connectivity index (χ4v) is 3.23. The van der Waals surface area contributed by atoms with E-state index in [1.54, 1.807) is 18.2 Å². The monoisotopic (exact) mass is 446 g/mol. The minimum atomic E-state index is -0.503. The molecule has 0 aliphatic carbocycles. The number of nitrogens with zero attached hydrogens (tertiary/aromatic N) is 1. The van der Waals surface area contributed by atoms with Gasteiger partial charge in [-0.05, 0) is 55.6 Å². The van der Waals surface area contributed by atoms with Crippen molar-refractivity contribution in [3.8, 4) is 5.75 Å². The average molecular weight is 448 g/mol. The van der Waals surface area contributed by atoms with Crippen LogP contribution in [0.1, 0.15) is 5.56 Å². The average Bonchev–Trinajstić information content (AvgIpc) is 2.73. The van der Waals surface area contributed by atoms with Crippen LogP contribution in [0.25, 0.3) is 6.08 Å². The van der Waals surface area contributed by atoms with Gasteiger partial charge >= 0.3 is 12.0 Å². The van der Waals surface area contributed by atoms with Gasteiger partial charge in [0.1, 0.15) is 11.4 Å². The van der Waals surface area contributed by atoms with E-state index in [0.29, 0.717) is 20.3 Å². The zero-order valence-electron chi connectivity index (χ0n) is 12.2. The summed E-state index contributed by atoms with van der Waals surface area (Å²) in [5, 5.41) is 2.48. The maximum atomic E-state index is 11.8. The van der Waals surface area contributed by atoms with Gasteiger partial charge in [-0.1, -0.05) is 0 Å². The van der Waals surface area contributed by atoms with E-state index in [2.05, 4.69) is 41.9 Å². The van der Waals surface area contributed by atoms with Crippen LogP contribution in [0.3, 0.4) is 0 Å². The van der Waals surface area contributed by atoms with E-state index in [1.807, 2.05) is 0 Å². The molecule has 23 heavy (non-hydrogen) atoms. The normalized spacial score (nSPS) is 15.8. The molecule has 1 aromatic rings. The van der Waals surface area contributed by atoms with Crippen LogP contribution in [0, 0.1) is 0 Å². The molecule has 0 unspecified atom stereocenters. The van der Waals surface area contributed by atoms with Gasteiger partial charge in [-0.3, -0.25) is 9.69 Å². The smallest absolute Gasteiger partial charge is 0.343 e. The molecule has 0 atom stereocenters. The number of likely N-dealkylation sites (N-methyl/N-ethyl adjacent to an activating group) is 1. The zero-order chi connectivity index (χ0) is 17.1. The standard InChI is InChI=1S/C14H12Br2N2O5/c1-18-13(20)10(17-14(18)21)5-7-3-8(15)12(9(16)4-7)23-6-11(19)22-2/h3-5H,6H2,1-2H3,(H,17,21)/b10-5+. The number of methoxy groups -OCH3 is 1. The Hall–Kier alpha value is -1.87. The van der Waals surface area contributed by atoms with Crippen LogP contribution in [-0.2, 0) is 14.3 Å². The summed E-state index contributed by atoms with van der Waals surface area (Å²) in [6.07, 6.45) is 1.54. The quantitative estimate of drug-likeness (QED) is 0.434. The first-order valence-corrected chi connectivity index (χ1v) is 7.91. The fraction of sp³-hybridized carbons (Fsp3) is 0.214. The van der Waals surface area contributed by atoms with Crippen molar-refractivity contribution in [1.82, 2.24) is 10.2 Å². The van der Waals surface area contributed by atoms with Crippen LogP contribution in [-0.4, -0.2) is 43.6 Å². The Morgan fingerprint density at radius 2 is 1.91 bits per heavy atom. The van der Waals surface area contributed by atoms with Gasteiger partial charge in [0.15, 0.2) is 6.61 Å². The summed E-state index contributed by atoms with van der Waals surface area (Å²) in [7, 11) is 2.67. The SMILES string of the molecule is COC(=O)COc1c(Br)cc(/C=C2/NC(=O)N(C)C2=O)cc1Br. The zero-order valence-corrected chi connectivity index (χ0v) is 15.4. The number of ether oxygens (including phenoxy) is 2. The third-order valence-electron chi connectivity index (χ3n) is 2.97. The third-order valence-corrected chi connectivity index (χ3v) is 4.15. The number of urea groups is 1. The number of esters is 1. The molecule has 0 saturated carbocycles. The minimum absolute atomic E-state index is 0.180. The van der Waals surface area contributed by atoms with E-state index in [4.69, 9.17) is 4.74 Å². The Morgan fingerprint density at radius 1 is 1.30 bits per heavy atom. The van der Waals surface area contributed by atoms with Crippen LogP contribution in [0.5, 0.6) is 5.75 Å². The number of halogens is 2. The van der Waals surface area contributed by atoms with E-state index in [1.165, 1.54) is 14.2 Å². The number of imide groups is 1. The molecular formula is C14H12Br2N2O5. The first kappa shape index (κ1) is 17.5. The molecule has 1 aromatic carbocycles. The first-order chi connectivity index (χ1) is 10.8. The van der Waals surface area contributed by atoms with E-state index >= 15 is 0 Å². The number of nitrogens with one attached hydrogen (secondary N) is 1. The second-order valence-electron chi connectivity index (χ2n) is 4.53. The predicted octanol–water partition coefficient (Wildman–Crippen LogP) is 2.29. The summed E-state index contributed by atoms with van der Waals surface area (Å²) in [4.78, 5) is 35.4. The van der Waals surface area contributed by atoms with Gasteiger partial charge in [0, 0.05) is 7.05 Å². The van der Waals surface area contributed by atoms with Gasteiger partial charge in [-0.25, -0.2) is 9.59 Å². The van der Waals surface area contributed by atoms with Crippen LogP contribution >= 0.6 is 31.9 Å². The van der Waals surface area contributed by atoms with Gasteiger partial charge in [-0.15, -0.1) is 0 Å². The van der Waals surface area contributed by atoms with E-state index in [9.17, 15) is 14.4 Å². The molecule has 0 bridgehead atoms. The van der Waals surface area contributed by atoms with Crippen molar-refractivity contribution in [3.63, 3.8) is 0 Å². The summed E-state index contributed by atoms with van der Waals surface area (Å²) < 4.78 is 11.0. The molecule has 9 heteroatoms. The third kappa shape index (κ3) is 3.91. The molecule has 1 heterocycles. The van der Waals surface area contributed by atoms with Crippen molar-refractivity contribution in [1.29, 1.82) is 0 Å². The molecular weight excluding hydrogens is 436 g/mol. The van der Waals surface area contributed by atoms with E-state index in [0.717, 1.165) is 4.90 Å². The highest BCUT2D eigenvalue weighted by molar-refractivity contribution is 9.11. The summed E-state index contributed by atoms with van der Waals surface area (Å²) in [6, 6.07) is 2.92. The van der Waals surface area contributed by atoms with Crippen LogP contribution in [0.2, 0.25) is 0 Å². The van der Waals surface area contributed by atoms with Gasteiger partial charge < -0.3 is 14.8 Å². The number of carbonyl (C=O) groups excluding carboxylic acids is 3. The lowest BCUT2D eigenvalue weighted by molar-refractivity contribution is -0.142. The number of benzene rings is 1. The van der Waals surface area contributed by atoms with Crippen molar-refractivity contribution in [2.75, 3.05) is 20.8 Å². The number of hydrogen-bond donors (Lipinski definition) is 1. The lowest BCUT2D eigenvalue weighted by Crippen LogP contribution is -2.25. The summed E-state index contributed by atoms with van der Waals surface area (Å²) in [6.45, 7) is -0.229. The molecule has 1 fully saturated rings. The highest BCUT2D eigenvalue weighted by atomic mass is 79.9. The van der Waals surface area contributed by atoms with Crippen molar-refractivity contribution < 1.29 is 23.9 Å². The second-order valence-corrected chi connectivity index (χ2v) is 6.24. The molecule has 2 rings (SSSR count). The van der Waals surface area contributed by atoms with Crippen molar-refractivity contribution in [2.24, 2.45) is 0 Å². The Morgan fingerprint density at radius 3 is 2.39 bits per heavy atom. The van der Waals surface area contributed by atoms with Crippen molar-refractivity contribution >= 4 is 55.8 Å². The van der Waals surface area contributed by atoms with Gasteiger partial charge in [0.2, 0.25) is 0 Å².